The first-order valence-corrected chi connectivity index (χ1v) is 8.81. The van der Waals surface area contributed by atoms with Crippen LogP contribution in [0.15, 0.2) is 46.1 Å². The van der Waals surface area contributed by atoms with E-state index in [1.165, 1.54) is 29.9 Å². The number of benzene rings is 1. The Morgan fingerprint density at radius 3 is 2.83 bits per heavy atom. The van der Waals surface area contributed by atoms with Crippen molar-refractivity contribution in [2.75, 3.05) is 12.4 Å². The summed E-state index contributed by atoms with van der Waals surface area (Å²) in [4.78, 5) is 11.8. The molecule has 1 aliphatic heterocycles. The van der Waals surface area contributed by atoms with Gasteiger partial charge in [-0.3, -0.25) is 4.79 Å². The van der Waals surface area contributed by atoms with Crippen LogP contribution in [0.25, 0.3) is 0 Å². The lowest BCUT2D eigenvalue weighted by molar-refractivity contribution is -0.116. The molecule has 6 nitrogen and oxygen atoms in total. The number of anilines is 1. The van der Waals surface area contributed by atoms with Crippen LogP contribution in [0.3, 0.4) is 0 Å². The molecular weight excluding hydrogens is 316 g/mol. The molecule has 122 valence electrons. The Kier molecular flexibility index (Phi) is 4.23. The molecule has 0 saturated heterocycles. The van der Waals surface area contributed by atoms with Gasteiger partial charge in [0.05, 0.1) is 17.4 Å². The fraction of sp³-hybridized carbons (Fsp3) is 0.312. The van der Waals surface area contributed by atoms with Gasteiger partial charge in [0.2, 0.25) is 15.9 Å². The smallest absolute Gasteiger partial charge is 0.243 e. The first-order chi connectivity index (χ1) is 11.0. The Balaban J connectivity index is 1.88. The molecule has 0 atom stereocenters. The first-order valence-electron chi connectivity index (χ1n) is 7.37. The van der Waals surface area contributed by atoms with Crippen molar-refractivity contribution in [1.29, 1.82) is 0 Å². The van der Waals surface area contributed by atoms with Gasteiger partial charge in [0.15, 0.2) is 0 Å². The van der Waals surface area contributed by atoms with E-state index in [-0.39, 0.29) is 17.3 Å². The number of hydrogen-bond acceptors (Lipinski definition) is 4. The number of aryl methyl sites for hydroxylation is 1. The molecule has 0 bridgehead atoms. The van der Waals surface area contributed by atoms with Gasteiger partial charge in [-0.2, -0.15) is 4.31 Å². The lowest BCUT2D eigenvalue weighted by Crippen LogP contribution is -2.26. The molecule has 3 rings (SSSR count). The molecule has 1 aromatic carbocycles. The molecular formula is C16H18N2O4S. The van der Waals surface area contributed by atoms with E-state index in [1.54, 1.807) is 18.2 Å². The minimum atomic E-state index is -3.60. The monoisotopic (exact) mass is 334 g/mol. The number of nitrogens with zero attached hydrogens (tertiary/aromatic N) is 1. The van der Waals surface area contributed by atoms with Crippen LogP contribution in [0.5, 0.6) is 0 Å². The minimum Gasteiger partial charge on any atom is -0.472 e. The molecule has 0 unspecified atom stereocenters. The van der Waals surface area contributed by atoms with E-state index in [9.17, 15) is 13.2 Å². The van der Waals surface area contributed by atoms with Gasteiger partial charge < -0.3 is 9.73 Å². The van der Waals surface area contributed by atoms with E-state index in [4.69, 9.17) is 4.42 Å². The predicted molar refractivity (Wildman–Crippen MR) is 85.4 cm³/mol. The van der Waals surface area contributed by atoms with Crippen molar-refractivity contribution in [3.8, 4) is 0 Å². The van der Waals surface area contributed by atoms with E-state index in [2.05, 4.69) is 5.32 Å². The molecule has 23 heavy (non-hydrogen) atoms. The summed E-state index contributed by atoms with van der Waals surface area (Å²) in [5, 5.41) is 2.81. The van der Waals surface area contributed by atoms with Crippen LogP contribution in [-0.4, -0.2) is 25.7 Å². The van der Waals surface area contributed by atoms with E-state index >= 15 is 0 Å². The third kappa shape index (κ3) is 3.30. The number of rotatable bonds is 4. The second-order valence-electron chi connectivity index (χ2n) is 5.61. The highest BCUT2D eigenvalue weighted by Crippen LogP contribution is 2.26. The zero-order valence-corrected chi connectivity index (χ0v) is 13.6. The topological polar surface area (TPSA) is 79.6 Å². The van der Waals surface area contributed by atoms with Crippen molar-refractivity contribution in [3.63, 3.8) is 0 Å². The molecule has 7 heteroatoms. The third-order valence-electron chi connectivity index (χ3n) is 3.89. The number of carbonyl (C=O) groups excluding carboxylic acids is 1. The van der Waals surface area contributed by atoms with Crippen molar-refractivity contribution >= 4 is 21.6 Å². The third-order valence-corrected chi connectivity index (χ3v) is 5.69. The number of hydrogen-bond donors (Lipinski definition) is 1. The van der Waals surface area contributed by atoms with Crippen molar-refractivity contribution in [2.45, 2.75) is 30.7 Å². The fourth-order valence-corrected chi connectivity index (χ4v) is 3.83. The highest BCUT2D eigenvalue weighted by atomic mass is 32.2. The summed E-state index contributed by atoms with van der Waals surface area (Å²) in [6.07, 6.45) is 4.90. The average Bonchev–Trinajstić information content (AvgIpc) is 2.94. The van der Waals surface area contributed by atoms with Gasteiger partial charge in [-0.05, 0) is 42.7 Å². The first kappa shape index (κ1) is 15.8. The maximum atomic E-state index is 12.7. The number of fused-ring (bicyclic) bond motifs is 1. The van der Waals surface area contributed by atoms with Crippen LogP contribution < -0.4 is 5.32 Å². The van der Waals surface area contributed by atoms with Crippen molar-refractivity contribution in [1.82, 2.24) is 4.31 Å². The standard InChI is InChI=1S/C16H18N2O4S/c1-18(10-12-7-8-22-11-12)23(20,21)14-5-6-15-13(9-14)3-2-4-16(19)17-15/h5-9,11H,2-4,10H2,1H3,(H,17,19). The number of nitrogens with one attached hydrogen (secondary N) is 1. The maximum Gasteiger partial charge on any atom is 0.243 e. The normalized spacial score (nSPS) is 15.1. The SMILES string of the molecule is CN(Cc1ccoc1)S(=O)(=O)c1ccc2c(c1)CCCC(=O)N2. The molecule has 1 aromatic heterocycles. The highest BCUT2D eigenvalue weighted by Gasteiger charge is 2.23. The molecule has 0 radical (unpaired) electrons. The van der Waals surface area contributed by atoms with Crippen LogP contribution >= 0.6 is 0 Å². The van der Waals surface area contributed by atoms with Crippen molar-refractivity contribution in [3.05, 3.63) is 47.9 Å². The van der Waals surface area contributed by atoms with Gasteiger partial charge in [0.25, 0.3) is 0 Å². The summed E-state index contributed by atoms with van der Waals surface area (Å²) in [5.74, 6) is -0.0311. The van der Waals surface area contributed by atoms with Crippen LogP contribution in [0.2, 0.25) is 0 Å². The number of amides is 1. The van der Waals surface area contributed by atoms with Gasteiger partial charge in [-0.1, -0.05) is 0 Å². The van der Waals surface area contributed by atoms with E-state index in [0.29, 0.717) is 24.9 Å². The summed E-state index contributed by atoms with van der Waals surface area (Å²) < 4.78 is 31.7. The molecule has 0 spiro atoms. The summed E-state index contributed by atoms with van der Waals surface area (Å²) in [7, 11) is -2.06. The van der Waals surface area contributed by atoms with Gasteiger partial charge >= 0.3 is 0 Å². The number of furan rings is 1. The predicted octanol–water partition coefficient (Wildman–Crippen LogP) is 2.38. The zero-order chi connectivity index (χ0) is 16.4. The van der Waals surface area contributed by atoms with Crippen LogP contribution in [0, 0.1) is 0 Å². The molecule has 0 fully saturated rings. The maximum absolute atomic E-state index is 12.7. The Morgan fingerprint density at radius 1 is 1.26 bits per heavy atom. The summed E-state index contributed by atoms with van der Waals surface area (Å²) in [6.45, 7) is 0.243. The highest BCUT2D eigenvalue weighted by molar-refractivity contribution is 7.89. The van der Waals surface area contributed by atoms with Gasteiger partial charge in [0.1, 0.15) is 0 Å². The van der Waals surface area contributed by atoms with E-state index in [1.807, 2.05) is 0 Å². The van der Waals surface area contributed by atoms with Gasteiger partial charge in [0, 0.05) is 31.3 Å². The molecule has 1 aliphatic rings. The summed E-state index contributed by atoms with van der Waals surface area (Å²) >= 11 is 0. The Bertz CT molecular complexity index is 813. The second-order valence-corrected chi connectivity index (χ2v) is 7.66. The van der Waals surface area contributed by atoms with Crippen LogP contribution in [0.1, 0.15) is 24.0 Å². The van der Waals surface area contributed by atoms with Gasteiger partial charge in [-0.25, -0.2) is 8.42 Å². The molecule has 2 aromatic rings. The quantitative estimate of drug-likeness (QED) is 0.931. The van der Waals surface area contributed by atoms with Crippen LogP contribution in [0.4, 0.5) is 5.69 Å². The molecule has 1 N–H and O–H groups in total. The molecule has 0 saturated carbocycles. The molecule has 0 aliphatic carbocycles. The number of sulfonamides is 1. The largest absolute Gasteiger partial charge is 0.472 e. The molecule has 1 amide bonds. The average molecular weight is 334 g/mol. The Hall–Kier alpha value is -2.12. The molecule has 2 heterocycles. The summed E-state index contributed by atoms with van der Waals surface area (Å²) in [5.41, 5.74) is 2.34. The lowest BCUT2D eigenvalue weighted by Gasteiger charge is -2.17. The van der Waals surface area contributed by atoms with Crippen molar-refractivity contribution in [2.24, 2.45) is 0 Å². The fourth-order valence-electron chi connectivity index (χ4n) is 2.62. The van der Waals surface area contributed by atoms with E-state index in [0.717, 1.165) is 11.1 Å². The lowest BCUT2D eigenvalue weighted by atomic mass is 10.1. The summed E-state index contributed by atoms with van der Waals surface area (Å²) in [6, 6.07) is 6.59. The van der Waals surface area contributed by atoms with Crippen LogP contribution in [-0.2, 0) is 27.8 Å². The second kappa shape index (κ2) is 6.17. The number of carbonyl (C=O) groups is 1. The van der Waals surface area contributed by atoms with Crippen molar-refractivity contribution < 1.29 is 17.6 Å². The minimum absolute atomic E-state index is 0.0311. The Labute approximate surface area is 135 Å². The Morgan fingerprint density at radius 2 is 2.09 bits per heavy atom. The van der Waals surface area contributed by atoms with Gasteiger partial charge in [-0.15, -0.1) is 0 Å². The van der Waals surface area contributed by atoms with E-state index < -0.39 is 10.0 Å². The zero-order valence-electron chi connectivity index (χ0n) is 12.8.